The number of benzene rings is 1. The average molecular weight is 339 g/mol. The van der Waals surface area contributed by atoms with Gasteiger partial charge < -0.3 is 9.88 Å². The molecule has 0 saturated carbocycles. The Hall–Kier alpha value is -3.16. The maximum absolute atomic E-state index is 12.3. The molecule has 2 aromatic heterocycles. The van der Waals surface area contributed by atoms with E-state index in [1.165, 1.54) is 0 Å². The van der Waals surface area contributed by atoms with Gasteiger partial charge in [0, 0.05) is 18.9 Å². The summed E-state index contributed by atoms with van der Waals surface area (Å²) in [7, 11) is 0. The van der Waals surface area contributed by atoms with Gasteiger partial charge in [0.05, 0.1) is 6.04 Å². The number of urea groups is 1. The molecule has 1 aromatic carbocycles. The van der Waals surface area contributed by atoms with Crippen molar-refractivity contribution >= 4 is 12.0 Å². The van der Waals surface area contributed by atoms with Crippen molar-refractivity contribution in [2.45, 2.75) is 32.9 Å². The monoisotopic (exact) mass is 339 g/mol. The summed E-state index contributed by atoms with van der Waals surface area (Å²) in [5.41, 5.74) is 1.04. The van der Waals surface area contributed by atoms with Gasteiger partial charge in [-0.25, -0.2) is 9.78 Å². The molecule has 2 heterocycles. The largest absolute Gasteiger partial charge is 0.335 e. The second-order valence-corrected chi connectivity index (χ2v) is 5.76. The van der Waals surface area contributed by atoms with Gasteiger partial charge in [-0.2, -0.15) is 4.98 Å². The SMILES string of the molecule is Cc1nc(NC(=O)N[C@H](CCn2ccnc2C)c2ccccc2)n[nH]1. The third-order valence-corrected chi connectivity index (χ3v) is 3.91. The minimum absolute atomic E-state index is 0.136. The minimum Gasteiger partial charge on any atom is -0.335 e. The van der Waals surface area contributed by atoms with Crippen LogP contribution in [0.4, 0.5) is 10.7 Å². The van der Waals surface area contributed by atoms with Gasteiger partial charge in [-0.3, -0.25) is 10.4 Å². The van der Waals surface area contributed by atoms with Gasteiger partial charge in [0.1, 0.15) is 11.6 Å². The van der Waals surface area contributed by atoms with E-state index in [0.717, 1.165) is 24.4 Å². The van der Waals surface area contributed by atoms with E-state index in [9.17, 15) is 4.79 Å². The first-order valence-electron chi connectivity index (χ1n) is 8.11. The van der Waals surface area contributed by atoms with Gasteiger partial charge in [0.15, 0.2) is 0 Å². The zero-order valence-electron chi connectivity index (χ0n) is 14.2. The highest BCUT2D eigenvalue weighted by molar-refractivity contribution is 5.87. The van der Waals surface area contributed by atoms with Gasteiger partial charge in [-0.05, 0) is 25.8 Å². The molecular weight excluding hydrogens is 318 g/mol. The number of rotatable bonds is 6. The zero-order chi connectivity index (χ0) is 17.6. The van der Waals surface area contributed by atoms with Gasteiger partial charge in [0.25, 0.3) is 0 Å². The van der Waals surface area contributed by atoms with E-state index >= 15 is 0 Å². The van der Waals surface area contributed by atoms with Gasteiger partial charge in [0.2, 0.25) is 5.95 Å². The topological polar surface area (TPSA) is 101 Å². The Labute approximate surface area is 145 Å². The normalized spacial score (nSPS) is 11.9. The van der Waals surface area contributed by atoms with E-state index in [0.29, 0.717) is 5.82 Å². The van der Waals surface area contributed by atoms with E-state index in [1.54, 1.807) is 13.1 Å². The molecule has 0 unspecified atom stereocenters. The molecule has 1 atom stereocenters. The molecule has 3 N–H and O–H groups in total. The van der Waals surface area contributed by atoms with Crippen molar-refractivity contribution in [2.24, 2.45) is 0 Å². The lowest BCUT2D eigenvalue weighted by molar-refractivity contribution is 0.247. The first-order valence-corrected chi connectivity index (χ1v) is 8.11. The van der Waals surface area contributed by atoms with Crippen LogP contribution in [0, 0.1) is 13.8 Å². The summed E-state index contributed by atoms with van der Waals surface area (Å²) in [4.78, 5) is 20.6. The van der Waals surface area contributed by atoms with Crippen LogP contribution in [-0.2, 0) is 6.54 Å². The van der Waals surface area contributed by atoms with Crippen LogP contribution in [-0.4, -0.2) is 30.8 Å². The number of carbonyl (C=O) groups is 1. The van der Waals surface area contributed by atoms with Crippen LogP contribution < -0.4 is 10.6 Å². The molecule has 0 saturated heterocycles. The summed E-state index contributed by atoms with van der Waals surface area (Å²) < 4.78 is 2.06. The van der Waals surface area contributed by atoms with Gasteiger partial charge >= 0.3 is 6.03 Å². The molecule has 0 bridgehead atoms. The van der Waals surface area contributed by atoms with Crippen molar-refractivity contribution in [3.05, 3.63) is 59.9 Å². The van der Waals surface area contributed by atoms with Crippen molar-refractivity contribution in [3.63, 3.8) is 0 Å². The summed E-state index contributed by atoms with van der Waals surface area (Å²) in [6, 6.07) is 9.41. The molecule has 0 fully saturated rings. The fourth-order valence-corrected chi connectivity index (χ4v) is 2.61. The number of hydrogen-bond donors (Lipinski definition) is 3. The Morgan fingerprint density at radius 3 is 2.72 bits per heavy atom. The Morgan fingerprint density at radius 2 is 2.08 bits per heavy atom. The zero-order valence-corrected chi connectivity index (χ0v) is 14.2. The Bertz CT molecular complexity index is 824. The van der Waals surface area contributed by atoms with Crippen molar-refractivity contribution in [1.29, 1.82) is 0 Å². The lowest BCUT2D eigenvalue weighted by Crippen LogP contribution is -2.33. The molecule has 25 heavy (non-hydrogen) atoms. The summed E-state index contributed by atoms with van der Waals surface area (Å²) in [6.07, 6.45) is 4.45. The number of anilines is 1. The van der Waals surface area contributed by atoms with E-state index in [4.69, 9.17) is 0 Å². The van der Waals surface area contributed by atoms with Gasteiger partial charge in [-0.1, -0.05) is 30.3 Å². The minimum atomic E-state index is -0.338. The number of amides is 2. The number of aryl methyl sites for hydroxylation is 3. The number of H-pyrrole nitrogens is 1. The molecule has 3 aromatic rings. The number of nitrogens with zero attached hydrogens (tertiary/aromatic N) is 4. The molecule has 0 radical (unpaired) electrons. The van der Waals surface area contributed by atoms with Crippen molar-refractivity contribution in [3.8, 4) is 0 Å². The molecule has 0 aliphatic rings. The van der Waals surface area contributed by atoms with Crippen LogP contribution in [0.25, 0.3) is 0 Å². The highest BCUT2D eigenvalue weighted by Crippen LogP contribution is 2.18. The first-order chi connectivity index (χ1) is 12.1. The molecule has 2 amide bonds. The Balaban J connectivity index is 1.67. The van der Waals surface area contributed by atoms with Crippen LogP contribution in [0.3, 0.4) is 0 Å². The Kier molecular flexibility index (Phi) is 5.08. The highest BCUT2D eigenvalue weighted by Gasteiger charge is 2.16. The van der Waals surface area contributed by atoms with Crippen LogP contribution in [0.15, 0.2) is 42.7 Å². The Morgan fingerprint density at radius 1 is 1.28 bits per heavy atom. The molecule has 8 heteroatoms. The first kappa shape index (κ1) is 16.7. The average Bonchev–Trinajstić information content (AvgIpc) is 3.20. The number of hydrogen-bond acceptors (Lipinski definition) is 4. The maximum atomic E-state index is 12.3. The summed E-state index contributed by atoms with van der Waals surface area (Å²) in [6.45, 7) is 4.49. The lowest BCUT2D eigenvalue weighted by atomic mass is 10.0. The third kappa shape index (κ3) is 4.43. The fourth-order valence-electron chi connectivity index (χ4n) is 2.61. The fraction of sp³-hybridized carbons (Fsp3) is 0.294. The van der Waals surface area contributed by atoms with E-state index in [2.05, 4.69) is 35.4 Å². The molecule has 0 spiro atoms. The van der Waals surface area contributed by atoms with E-state index in [1.807, 2.05) is 43.5 Å². The molecule has 0 aliphatic heterocycles. The molecule has 3 rings (SSSR count). The number of carbonyl (C=O) groups excluding carboxylic acids is 1. The van der Waals surface area contributed by atoms with Crippen LogP contribution in [0.2, 0.25) is 0 Å². The lowest BCUT2D eigenvalue weighted by Gasteiger charge is -2.19. The third-order valence-electron chi connectivity index (χ3n) is 3.91. The smallest absolute Gasteiger partial charge is 0.322 e. The highest BCUT2D eigenvalue weighted by atomic mass is 16.2. The molecule has 130 valence electrons. The molecule has 0 aliphatic carbocycles. The van der Waals surface area contributed by atoms with Crippen LogP contribution in [0.1, 0.15) is 29.7 Å². The molecule has 8 nitrogen and oxygen atoms in total. The number of imidazole rings is 1. The number of nitrogens with one attached hydrogen (secondary N) is 3. The van der Waals surface area contributed by atoms with Crippen molar-refractivity contribution in [2.75, 3.05) is 5.32 Å². The quantitative estimate of drug-likeness (QED) is 0.642. The molecular formula is C17H21N7O. The number of aromatic amines is 1. The number of aromatic nitrogens is 5. The van der Waals surface area contributed by atoms with Crippen LogP contribution in [0.5, 0.6) is 0 Å². The predicted octanol–water partition coefficient (Wildman–Crippen LogP) is 2.57. The van der Waals surface area contributed by atoms with Gasteiger partial charge in [-0.15, -0.1) is 5.10 Å². The van der Waals surface area contributed by atoms with Crippen molar-refractivity contribution < 1.29 is 4.79 Å². The summed E-state index contributed by atoms with van der Waals surface area (Å²) in [5.74, 6) is 1.85. The summed E-state index contributed by atoms with van der Waals surface area (Å²) >= 11 is 0. The second-order valence-electron chi connectivity index (χ2n) is 5.76. The predicted molar refractivity (Wildman–Crippen MR) is 94.0 cm³/mol. The summed E-state index contributed by atoms with van der Waals surface area (Å²) in [5, 5.41) is 12.2. The van der Waals surface area contributed by atoms with E-state index < -0.39 is 0 Å². The second kappa shape index (κ2) is 7.61. The van der Waals surface area contributed by atoms with E-state index in [-0.39, 0.29) is 18.0 Å². The van der Waals surface area contributed by atoms with Crippen LogP contribution >= 0.6 is 0 Å². The van der Waals surface area contributed by atoms with Crippen molar-refractivity contribution in [1.82, 2.24) is 30.0 Å². The standard InChI is InChI=1S/C17H21N7O/c1-12-19-16(23-22-12)21-17(25)20-15(14-6-4-3-5-7-14)8-10-24-11-9-18-13(24)2/h3-7,9,11,15H,8,10H2,1-2H3,(H3,19,20,21,22,23,25)/t15-/m1/s1. The maximum Gasteiger partial charge on any atom is 0.322 e.